The van der Waals surface area contributed by atoms with Gasteiger partial charge in [-0.05, 0) is 61.1 Å². The van der Waals surface area contributed by atoms with Crippen LogP contribution in [0.25, 0.3) is 0 Å². The fourth-order valence-electron chi connectivity index (χ4n) is 3.27. The zero-order chi connectivity index (χ0) is 22.4. The Balaban J connectivity index is 1.29. The highest BCUT2D eigenvalue weighted by Gasteiger charge is 2.04. The molecule has 0 aromatic heterocycles. The molecule has 0 heterocycles. The maximum absolute atomic E-state index is 12.0. The van der Waals surface area contributed by atoms with Gasteiger partial charge in [0.05, 0.1) is 0 Å². The van der Waals surface area contributed by atoms with E-state index in [0.717, 1.165) is 25.7 Å². The average molecular weight is 431 g/mol. The normalized spacial score (nSPS) is 10.2. The number of nitrogens with one attached hydrogen (secondary N) is 4. The minimum atomic E-state index is -0.241. The van der Waals surface area contributed by atoms with Crippen molar-refractivity contribution >= 4 is 23.4 Å². The molecule has 3 rings (SSSR count). The first-order valence-electron chi connectivity index (χ1n) is 11.0. The maximum atomic E-state index is 12.0. The van der Waals surface area contributed by atoms with E-state index in [2.05, 4.69) is 45.5 Å². The zero-order valence-electron chi connectivity index (χ0n) is 18.1. The fourth-order valence-corrected chi connectivity index (χ4v) is 3.27. The van der Waals surface area contributed by atoms with Crippen LogP contribution in [0.2, 0.25) is 0 Å². The molecule has 6 heteroatoms. The van der Waals surface area contributed by atoms with Crippen molar-refractivity contribution in [2.45, 2.75) is 25.7 Å². The van der Waals surface area contributed by atoms with Crippen molar-refractivity contribution in [2.75, 3.05) is 23.7 Å². The van der Waals surface area contributed by atoms with Crippen molar-refractivity contribution < 1.29 is 9.59 Å². The van der Waals surface area contributed by atoms with Gasteiger partial charge in [0.2, 0.25) is 0 Å². The van der Waals surface area contributed by atoms with Gasteiger partial charge >= 0.3 is 12.1 Å². The van der Waals surface area contributed by atoms with Crippen LogP contribution in [0.5, 0.6) is 0 Å². The van der Waals surface area contributed by atoms with Crippen LogP contribution in [-0.2, 0) is 12.8 Å². The number of carbonyl (C=O) groups is 2. The lowest BCUT2D eigenvalue weighted by molar-refractivity contribution is 0.251. The van der Waals surface area contributed by atoms with Crippen molar-refractivity contribution in [3.8, 4) is 0 Å². The van der Waals surface area contributed by atoms with E-state index in [1.54, 1.807) is 24.3 Å². The van der Waals surface area contributed by atoms with E-state index in [1.165, 1.54) is 11.1 Å². The Morgan fingerprint density at radius 3 is 1.28 bits per heavy atom. The molecule has 4 N–H and O–H groups in total. The summed E-state index contributed by atoms with van der Waals surface area (Å²) in [6, 6.07) is 26.9. The molecule has 0 fully saturated rings. The van der Waals surface area contributed by atoms with Gasteiger partial charge in [-0.1, -0.05) is 60.7 Å². The lowest BCUT2D eigenvalue weighted by atomic mass is 10.1. The molecule has 0 aliphatic rings. The summed E-state index contributed by atoms with van der Waals surface area (Å²) in [4.78, 5) is 24.1. The second-order valence-corrected chi connectivity index (χ2v) is 7.52. The summed E-state index contributed by atoms with van der Waals surface area (Å²) < 4.78 is 0. The monoisotopic (exact) mass is 430 g/mol. The number of hydrogen-bond acceptors (Lipinski definition) is 2. The third-order valence-corrected chi connectivity index (χ3v) is 4.94. The van der Waals surface area contributed by atoms with Crippen molar-refractivity contribution in [1.29, 1.82) is 0 Å². The molecule has 0 aliphatic heterocycles. The minimum absolute atomic E-state index is 0.241. The van der Waals surface area contributed by atoms with E-state index in [1.807, 2.05) is 36.4 Å². The Kier molecular flexibility index (Phi) is 9.15. The molecule has 3 aromatic rings. The van der Waals surface area contributed by atoms with E-state index >= 15 is 0 Å². The van der Waals surface area contributed by atoms with Crippen LogP contribution < -0.4 is 21.3 Å². The van der Waals surface area contributed by atoms with Crippen LogP contribution in [0.3, 0.4) is 0 Å². The molecule has 3 aromatic carbocycles. The predicted octanol–water partition coefficient (Wildman–Crippen LogP) is 5.20. The lowest BCUT2D eigenvalue weighted by Crippen LogP contribution is -2.30. The molecule has 0 atom stereocenters. The average Bonchev–Trinajstić information content (AvgIpc) is 2.82. The molecule has 0 unspecified atom stereocenters. The third kappa shape index (κ3) is 8.52. The first kappa shape index (κ1) is 22.9. The summed E-state index contributed by atoms with van der Waals surface area (Å²) >= 11 is 0. The van der Waals surface area contributed by atoms with Gasteiger partial charge in [0.25, 0.3) is 0 Å². The van der Waals surface area contributed by atoms with E-state index in [-0.39, 0.29) is 12.1 Å². The number of amides is 4. The Labute approximate surface area is 189 Å². The molecular weight excluding hydrogens is 400 g/mol. The molecule has 32 heavy (non-hydrogen) atoms. The number of urea groups is 2. The second kappa shape index (κ2) is 12.8. The summed E-state index contributed by atoms with van der Waals surface area (Å²) in [5, 5.41) is 11.3. The smallest absolute Gasteiger partial charge is 0.319 e. The Morgan fingerprint density at radius 2 is 0.906 bits per heavy atom. The number of benzene rings is 3. The quantitative estimate of drug-likeness (QED) is 0.334. The van der Waals surface area contributed by atoms with Crippen molar-refractivity contribution in [3.63, 3.8) is 0 Å². The lowest BCUT2D eigenvalue weighted by Gasteiger charge is -2.10. The molecule has 166 valence electrons. The van der Waals surface area contributed by atoms with Gasteiger partial charge in [-0.25, -0.2) is 9.59 Å². The molecule has 0 spiro atoms. The SMILES string of the molecule is O=C(NCCCc1ccccc1)Nc1ccc(NC(=O)NCCCc2ccccc2)cc1. The van der Waals surface area contributed by atoms with Crippen LogP contribution in [0.15, 0.2) is 84.9 Å². The molecule has 0 radical (unpaired) electrons. The van der Waals surface area contributed by atoms with E-state index in [9.17, 15) is 9.59 Å². The zero-order valence-corrected chi connectivity index (χ0v) is 18.1. The highest BCUT2D eigenvalue weighted by atomic mass is 16.2. The van der Waals surface area contributed by atoms with Crippen LogP contribution >= 0.6 is 0 Å². The maximum Gasteiger partial charge on any atom is 0.319 e. The van der Waals surface area contributed by atoms with E-state index in [4.69, 9.17) is 0 Å². The van der Waals surface area contributed by atoms with Crippen LogP contribution in [0.1, 0.15) is 24.0 Å². The summed E-state index contributed by atoms with van der Waals surface area (Å²) in [6.45, 7) is 1.20. The molecular formula is C26H30N4O2. The standard InChI is InChI=1S/C26H30N4O2/c31-25(27-19-7-13-21-9-3-1-4-10-21)29-23-15-17-24(18-16-23)30-26(32)28-20-8-14-22-11-5-2-6-12-22/h1-6,9-12,15-18H,7-8,13-14,19-20H2,(H2,27,29,31)(H2,28,30,32). The number of hydrogen-bond donors (Lipinski definition) is 4. The van der Waals surface area contributed by atoms with Gasteiger partial charge in [0.15, 0.2) is 0 Å². The van der Waals surface area contributed by atoms with Crippen LogP contribution in [-0.4, -0.2) is 25.2 Å². The van der Waals surface area contributed by atoms with Gasteiger partial charge in [-0.15, -0.1) is 0 Å². The first-order chi connectivity index (χ1) is 15.7. The van der Waals surface area contributed by atoms with Crippen LogP contribution in [0, 0.1) is 0 Å². The topological polar surface area (TPSA) is 82.3 Å². The van der Waals surface area contributed by atoms with Gasteiger partial charge in [0, 0.05) is 24.5 Å². The fraction of sp³-hybridized carbons (Fsp3) is 0.231. The Bertz CT molecular complexity index is 880. The predicted molar refractivity (Wildman–Crippen MR) is 130 cm³/mol. The number of aryl methyl sites for hydroxylation is 2. The Morgan fingerprint density at radius 1 is 0.531 bits per heavy atom. The van der Waals surface area contributed by atoms with Gasteiger partial charge in [-0.3, -0.25) is 0 Å². The number of rotatable bonds is 10. The highest BCUT2D eigenvalue weighted by molar-refractivity contribution is 5.91. The summed E-state index contributed by atoms with van der Waals surface area (Å²) in [7, 11) is 0. The molecule has 0 bridgehead atoms. The largest absolute Gasteiger partial charge is 0.338 e. The van der Waals surface area contributed by atoms with Gasteiger partial charge < -0.3 is 21.3 Å². The summed E-state index contributed by atoms with van der Waals surface area (Å²) in [5.41, 5.74) is 3.86. The van der Waals surface area contributed by atoms with Crippen molar-refractivity contribution in [3.05, 3.63) is 96.1 Å². The molecule has 4 amide bonds. The van der Waals surface area contributed by atoms with Gasteiger partial charge in [-0.2, -0.15) is 0 Å². The minimum Gasteiger partial charge on any atom is -0.338 e. The van der Waals surface area contributed by atoms with E-state index < -0.39 is 0 Å². The van der Waals surface area contributed by atoms with Crippen molar-refractivity contribution in [2.24, 2.45) is 0 Å². The number of carbonyl (C=O) groups excluding carboxylic acids is 2. The summed E-state index contributed by atoms with van der Waals surface area (Å²) in [5.74, 6) is 0. The van der Waals surface area contributed by atoms with Gasteiger partial charge in [0.1, 0.15) is 0 Å². The second-order valence-electron chi connectivity index (χ2n) is 7.52. The summed E-state index contributed by atoms with van der Waals surface area (Å²) in [6.07, 6.45) is 3.60. The molecule has 6 nitrogen and oxygen atoms in total. The molecule has 0 saturated carbocycles. The third-order valence-electron chi connectivity index (χ3n) is 4.94. The first-order valence-corrected chi connectivity index (χ1v) is 11.0. The van der Waals surface area contributed by atoms with Crippen LogP contribution in [0.4, 0.5) is 21.0 Å². The molecule has 0 saturated heterocycles. The highest BCUT2D eigenvalue weighted by Crippen LogP contribution is 2.13. The Hall–Kier alpha value is -3.80. The van der Waals surface area contributed by atoms with E-state index in [0.29, 0.717) is 24.5 Å². The van der Waals surface area contributed by atoms with Crippen molar-refractivity contribution in [1.82, 2.24) is 10.6 Å². The number of anilines is 2. The molecule has 0 aliphatic carbocycles.